The van der Waals surface area contributed by atoms with Gasteiger partial charge in [0.15, 0.2) is 11.4 Å². The molecule has 0 spiro atoms. The number of aryl methyl sites for hydroxylation is 1. The van der Waals surface area contributed by atoms with E-state index in [-0.39, 0.29) is 23.8 Å². The van der Waals surface area contributed by atoms with E-state index in [1.165, 1.54) is 0 Å². The van der Waals surface area contributed by atoms with Crippen LogP contribution >= 0.6 is 11.8 Å². The third kappa shape index (κ3) is 5.33. The van der Waals surface area contributed by atoms with Gasteiger partial charge in [0, 0.05) is 6.07 Å². The van der Waals surface area contributed by atoms with Crippen molar-refractivity contribution in [1.29, 1.82) is 0 Å². The Morgan fingerprint density at radius 3 is 2.41 bits per heavy atom. The minimum atomic E-state index is -1.50. The molecule has 0 saturated carbocycles. The predicted molar refractivity (Wildman–Crippen MR) is 101 cm³/mol. The molecule has 144 valence electrons. The van der Waals surface area contributed by atoms with Gasteiger partial charge in [-0.05, 0) is 18.9 Å². The van der Waals surface area contributed by atoms with Crippen LogP contribution in [-0.4, -0.2) is 39.6 Å². The number of rotatable bonds is 9. The number of thioether (sulfide) groups is 1. The quantitative estimate of drug-likeness (QED) is 0.599. The number of hydrogen-bond donors (Lipinski definition) is 3. The van der Waals surface area contributed by atoms with Crippen molar-refractivity contribution >= 4 is 35.4 Å². The summed E-state index contributed by atoms with van der Waals surface area (Å²) in [5.74, 6) is -1.06. The summed E-state index contributed by atoms with van der Waals surface area (Å²) in [5, 5.41) is 18.5. The van der Waals surface area contributed by atoms with E-state index >= 15 is 0 Å². The molecular weight excluding hydrogens is 370 g/mol. The number of hydrogen-bond acceptors (Lipinski definition) is 6. The zero-order valence-electron chi connectivity index (χ0n) is 15.0. The van der Waals surface area contributed by atoms with Gasteiger partial charge in [-0.3, -0.25) is 9.59 Å². The molecule has 0 radical (unpaired) electrons. The van der Waals surface area contributed by atoms with Crippen molar-refractivity contribution < 1.29 is 24.0 Å². The summed E-state index contributed by atoms with van der Waals surface area (Å²) < 4.78 is 4.85. The molecule has 0 aliphatic carbocycles. The summed E-state index contributed by atoms with van der Waals surface area (Å²) in [5.41, 5.74) is -1.00. The zero-order chi connectivity index (χ0) is 19.9. The van der Waals surface area contributed by atoms with Gasteiger partial charge >= 0.3 is 5.97 Å². The number of carbonyl (C=O) groups excluding carboxylic acids is 2. The first-order valence-electron chi connectivity index (χ1n) is 8.28. The van der Waals surface area contributed by atoms with E-state index in [1.54, 1.807) is 50.2 Å². The molecule has 2 rings (SSSR count). The number of carboxylic acid groups (broad SMARTS) is 1. The minimum Gasteiger partial charge on any atom is -0.479 e. The lowest BCUT2D eigenvalue weighted by Gasteiger charge is -2.30. The second-order valence-electron chi connectivity index (χ2n) is 5.84. The van der Waals surface area contributed by atoms with Crippen molar-refractivity contribution in [2.45, 2.75) is 25.8 Å². The van der Waals surface area contributed by atoms with Gasteiger partial charge in [0.25, 0.3) is 0 Å². The summed E-state index contributed by atoms with van der Waals surface area (Å²) in [4.78, 5) is 36.0. The summed E-state index contributed by atoms with van der Waals surface area (Å²) in [6, 6.07) is 10.1. The topological polar surface area (TPSA) is 122 Å². The number of nitrogens with zero attached hydrogens (tertiary/aromatic N) is 1. The Labute approximate surface area is 160 Å². The number of carbonyl (C=O) groups is 3. The number of carboxylic acids is 1. The Kier molecular flexibility index (Phi) is 7.00. The van der Waals surface area contributed by atoms with Gasteiger partial charge in [0.2, 0.25) is 11.8 Å². The highest BCUT2D eigenvalue weighted by atomic mass is 32.2. The van der Waals surface area contributed by atoms with Gasteiger partial charge in [-0.2, -0.15) is 0 Å². The second kappa shape index (κ2) is 9.22. The van der Waals surface area contributed by atoms with Crippen LogP contribution in [0.3, 0.4) is 0 Å². The first kappa shape index (κ1) is 20.5. The largest absolute Gasteiger partial charge is 0.479 e. The summed E-state index contributed by atoms with van der Waals surface area (Å²) in [6.45, 7) is 3.40. The number of benzene rings is 1. The summed E-state index contributed by atoms with van der Waals surface area (Å²) >= 11 is 1.08. The van der Waals surface area contributed by atoms with Crippen molar-refractivity contribution in [1.82, 2.24) is 10.5 Å². The molecule has 1 aromatic heterocycles. The normalized spacial score (nSPS) is 12.8. The fourth-order valence-corrected chi connectivity index (χ4v) is 3.15. The van der Waals surface area contributed by atoms with Crippen LogP contribution in [0, 0.1) is 6.92 Å². The van der Waals surface area contributed by atoms with Crippen molar-refractivity contribution in [3.63, 3.8) is 0 Å². The lowest BCUT2D eigenvalue weighted by Crippen LogP contribution is -2.52. The molecule has 1 aromatic carbocycles. The van der Waals surface area contributed by atoms with E-state index < -0.39 is 17.4 Å². The molecule has 1 heterocycles. The Hall–Kier alpha value is -2.81. The summed E-state index contributed by atoms with van der Waals surface area (Å²) in [6.07, 6.45) is 0.189. The first-order chi connectivity index (χ1) is 12.9. The van der Waals surface area contributed by atoms with E-state index in [0.717, 1.165) is 11.8 Å². The molecule has 1 atom stereocenters. The maximum Gasteiger partial charge on any atom is 0.334 e. The lowest BCUT2D eigenvalue weighted by molar-refractivity contribution is -0.148. The van der Waals surface area contributed by atoms with Crippen LogP contribution in [0.5, 0.6) is 0 Å². The van der Waals surface area contributed by atoms with Gasteiger partial charge < -0.3 is 20.3 Å². The van der Waals surface area contributed by atoms with Crippen LogP contribution in [0.15, 0.2) is 40.9 Å². The Bertz CT molecular complexity index is 808. The molecule has 3 N–H and O–H groups in total. The third-order valence-corrected chi connectivity index (χ3v) is 4.81. The maximum absolute atomic E-state index is 12.3. The van der Waals surface area contributed by atoms with E-state index in [4.69, 9.17) is 4.52 Å². The summed E-state index contributed by atoms with van der Waals surface area (Å²) in [7, 11) is 0. The standard InChI is InChI=1S/C18H21N3O5S/c1-3-18(17(24)25,13-7-5-4-6-8-13)20-16(23)11-27-10-15(22)19-14-9-12(2)26-21-14/h4-9H,3,10-11H2,1-2H3,(H,20,23)(H,24,25)(H,19,21,22). The lowest BCUT2D eigenvalue weighted by atomic mass is 9.87. The molecule has 2 amide bonds. The minimum absolute atomic E-state index is 0.0247. The molecule has 0 bridgehead atoms. The smallest absolute Gasteiger partial charge is 0.334 e. The van der Waals surface area contributed by atoms with Crippen LogP contribution in [0.1, 0.15) is 24.7 Å². The van der Waals surface area contributed by atoms with E-state index in [1.807, 2.05) is 0 Å². The van der Waals surface area contributed by atoms with Crippen LogP contribution in [0.25, 0.3) is 0 Å². The maximum atomic E-state index is 12.3. The highest BCUT2D eigenvalue weighted by Crippen LogP contribution is 2.25. The van der Waals surface area contributed by atoms with Gasteiger partial charge in [-0.1, -0.05) is 42.4 Å². The van der Waals surface area contributed by atoms with Crippen molar-refractivity contribution in [3.8, 4) is 0 Å². The molecule has 0 aliphatic rings. The average Bonchev–Trinajstić information content (AvgIpc) is 3.04. The highest BCUT2D eigenvalue weighted by Gasteiger charge is 2.40. The van der Waals surface area contributed by atoms with E-state index in [0.29, 0.717) is 17.1 Å². The zero-order valence-corrected chi connectivity index (χ0v) is 15.8. The highest BCUT2D eigenvalue weighted by molar-refractivity contribution is 8.00. The van der Waals surface area contributed by atoms with Crippen LogP contribution in [0.2, 0.25) is 0 Å². The van der Waals surface area contributed by atoms with Gasteiger partial charge in [0.1, 0.15) is 5.76 Å². The van der Waals surface area contributed by atoms with E-state index in [2.05, 4.69) is 15.8 Å². The SMILES string of the molecule is CCC(NC(=O)CSCC(=O)Nc1cc(C)on1)(C(=O)O)c1ccccc1. The number of aromatic nitrogens is 1. The van der Waals surface area contributed by atoms with Crippen LogP contribution in [-0.2, 0) is 19.9 Å². The van der Waals surface area contributed by atoms with E-state index in [9.17, 15) is 19.5 Å². The average molecular weight is 391 g/mol. The second-order valence-corrected chi connectivity index (χ2v) is 6.83. The van der Waals surface area contributed by atoms with Gasteiger partial charge in [0.05, 0.1) is 11.5 Å². The third-order valence-electron chi connectivity index (χ3n) is 3.88. The fraction of sp³-hybridized carbons (Fsp3) is 0.333. The van der Waals surface area contributed by atoms with Gasteiger partial charge in [-0.15, -0.1) is 11.8 Å². The molecule has 0 aliphatic heterocycles. The van der Waals surface area contributed by atoms with Crippen LogP contribution in [0.4, 0.5) is 5.82 Å². The molecule has 2 aromatic rings. The fourth-order valence-electron chi connectivity index (χ4n) is 2.53. The monoisotopic (exact) mass is 391 g/mol. The Morgan fingerprint density at radius 1 is 1.19 bits per heavy atom. The first-order valence-corrected chi connectivity index (χ1v) is 9.43. The van der Waals surface area contributed by atoms with Crippen LogP contribution < -0.4 is 10.6 Å². The Balaban J connectivity index is 1.90. The predicted octanol–water partition coefficient (Wildman–Crippen LogP) is 2.16. The molecule has 8 nitrogen and oxygen atoms in total. The van der Waals surface area contributed by atoms with Crippen molar-refractivity contribution in [3.05, 3.63) is 47.7 Å². The van der Waals surface area contributed by atoms with Gasteiger partial charge in [-0.25, -0.2) is 4.79 Å². The van der Waals surface area contributed by atoms with Crippen molar-refractivity contribution in [2.24, 2.45) is 0 Å². The number of anilines is 1. The molecule has 27 heavy (non-hydrogen) atoms. The molecule has 9 heteroatoms. The Morgan fingerprint density at radius 2 is 1.85 bits per heavy atom. The number of nitrogens with one attached hydrogen (secondary N) is 2. The molecule has 1 unspecified atom stereocenters. The molecule has 0 saturated heterocycles. The molecular formula is C18H21N3O5S. The van der Waals surface area contributed by atoms with Crippen molar-refractivity contribution in [2.75, 3.05) is 16.8 Å². The number of amides is 2. The molecule has 0 fully saturated rings. The number of aliphatic carboxylic acids is 1.